The molecule has 0 spiro atoms. The van der Waals surface area contributed by atoms with Gasteiger partial charge < -0.3 is 14.5 Å². The number of ether oxygens (including phenoxy) is 1. The summed E-state index contributed by atoms with van der Waals surface area (Å²) in [5, 5.41) is 3.54. The van der Waals surface area contributed by atoms with Crippen molar-refractivity contribution in [2.45, 2.75) is 18.7 Å². The molecular weight excluding hydrogens is 428 g/mol. The van der Waals surface area contributed by atoms with Gasteiger partial charge in [0.05, 0.1) is 24.6 Å². The number of hydrogen-bond donors (Lipinski definition) is 2. The molecule has 2 N–H and O–H groups in total. The highest BCUT2D eigenvalue weighted by molar-refractivity contribution is 7.92. The molecule has 0 unspecified atom stereocenters. The van der Waals surface area contributed by atoms with Gasteiger partial charge in [0.15, 0.2) is 0 Å². The SMILES string of the molecule is COc1ccc(NC(=O)c2cccc3ccoc23)cc1S(=O)(=O)Nc1c(C)cccc1C. The molecule has 0 atom stereocenters. The lowest BCUT2D eigenvalue weighted by Crippen LogP contribution is -2.17. The van der Waals surface area contributed by atoms with E-state index < -0.39 is 15.9 Å². The van der Waals surface area contributed by atoms with Gasteiger partial charge in [0.2, 0.25) is 0 Å². The highest BCUT2D eigenvalue weighted by Gasteiger charge is 2.23. The predicted molar refractivity (Wildman–Crippen MR) is 124 cm³/mol. The molecule has 8 heteroatoms. The number of carbonyl (C=O) groups excluding carboxylic acids is 1. The zero-order valence-corrected chi connectivity index (χ0v) is 18.6. The second-order valence-electron chi connectivity index (χ2n) is 7.34. The van der Waals surface area contributed by atoms with E-state index in [1.165, 1.54) is 25.5 Å². The van der Waals surface area contributed by atoms with Gasteiger partial charge in [-0.15, -0.1) is 0 Å². The Morgan fingerprint density at radius 3 is 2.41 bits per heavy atom. The Kier molecular flexibility index (Phi) is 5.63. The van der Waals surface area contributed by atoms with E-state index in [-0.39, 0.29) is 10.6 Å². The number of anilines is 2. The van der Waals surface area contributed by atoms with E-state index >= 15 is 0 Å². The lowest BCUT2D eigenvalue weighted by molar-refractivity contribution is 0.102. The molecule has 1 amide bonds. The minimum Gasteiger partial charge on any atom is -0.495 e. The van der Waals surface area contributed by atoms with Crippen molar-refractivity contribution in [3.8, 4) is 5.75 Å². The van der Waals surface area contributed by atoms with Gasteiger partial charge in [-0.25, -0.2) is 8.42 Å². The van der Waals surface area contributed by atoms with E-state index in [0.29, 0.717) is 22.5 Å². The van der Waals surface area contributed by atoms with Gasteiger partial charge in [-0.2, -0.15) is 0 Å². The quantitative estimate of drug-likeness (QED) is 0.425. The summed E-state index contributed by atoms with van der Waals surface area (Å²) in [5.41, 5.74) is 3.21. The minimum absolute atomic E-state index is 0.0864. The van der Waals surface area contributed by atoms with Crippen LogP contribution in [-0.4, -0.2) is 21.4 Å². The summed E-state index contributed by atoms with van der Waals surface area (Å²) in [7, 11) is -2.60. The van der Waals surface area contributed by atoms with Crippen molar-refractivity contribution in [1.29, 1.82) is 0 Å². The molecule has 164 valence electrons. The van der Waals surface area contributed by atoms with Gasteiger partial charge >= 0.3 is 0 Å². The summed E-state index contributed by atoms with van der Waals surface area (Å²) in [4.78, 5) is 12.8. The summed E-state index contributed by atoms with van der Waals surface area (Å²) in [6, 6.07) is 17.0. The first kappa shape index (κ1) is 21.5. The van der Waals surface area contributed by atoms with Crippen LogP contribution in [0.2, 0.25) is 0 Å². The third kappa shape index (κ3) is 4.04. The standard InChI is InChI=1S/C24H22N2O5S/c1-15-6-4-7-16(2)22(15)26-32(28,29)21-14-18(10-11-20(21)30-3)25-24(27)19-9-5-8-17-12-13-31-23(17)19/h4-14,26H,1-3H3,(H,25,27). The lowest BCUT2D eigenvalue weighted by Gasteiger charge is -2.16. The summed E-state index contributed by atoms with van der Waals surface area (Å²) >= 11 is 0. The Hall–Kier alpha value is -3.78. The monoisotopic (exact) mass is 450 g/mol. The molecule has 7 nitrogen and oxygen atoms in total. The van der Waals surface area contributed by atoms with Crippen LogP contribution < -0.4 is 14.8 Å². The zero-order valence-electron chi connectivity index (χ0n) is 17.8. The van der Waals surface area contributed by atoms with Crippen LogP contribution in [0.5, 0.6) is 5.75 Å². The Bertz CT molecular complexity index is 1400. The van der Waals surface area contributed by atoms with E-state index in [4.69, 9.17) is 9.15 Å². The van der Waals surface area contributed by atoms with Crippen molar-refractivity contribution in [1.82, 2.24) is 0 Å². The first-order valence-corrected chi connectivity index (χ1v) is 11.3. The molecule has 4 rings (SSSR count). The lowest BCUT2D eigenvalue weighted by atomic mass is 10.1. The number of para-hydroxylation sites is 2. The Morgan fingerprint density at radius 1 is 0.969 bits per heavy atom. The largest absolute Gasteiger partial charge is 0.495 e. The van der Waals surface area contributed by atoms with Crippen LogP contribution in [0.4, 0.5) is 11.4 Å². The molecule has 0 aliphatic rings. The number of benzene rings is 3. The summed E-state index contributed by atoms with van der Waals surface area (Å²) in [5.74, 6) is -0.253. The smallest absolute Gasteiger partial charge is 0.265 e. The fraction of sp³-hybridized carbons (Fsp3) is 0.125. The predicted octanol–water partition coefficient (Wildman–Crippen LogP) is 5.11. The van der Waals surface area contributed by atoms with E-state index in [1.54, 1.807) is 24.3 Å². The fourth-order valence-corrected chi connectivity index (χ4v) is 4.90. The maximum Gasteiger partial charge on any atom is 0.265 e. The van der Waals surface area contributed by atoms with Crippen molar-refractivity contribution in [3.05, 3.63) is 83.6 Å². The van der Waals surface area contributed by atoms with Gasteiger partial charge in [0, 0.05) is 11.1 Å². The molecule has 0 fully saturated rings. The molecule has 32 heavy (non-hydrogen) atoms. The van der Waals surface area contributed by atoms with Crippen LogP contribution in [0, 0.1) is 13.8 Å². The highest BCUT2D eigenvalue weighted by Crippen LogP contribution is 2.31. The molecule has 0 saturated carbocycles. The average molecular weight is 451 g/mol. The molecular formula is C24H22N2O5S. The fourth-order valence-electron chi connectivity index (χ4n) is 3.50. The van der Waals surface area contributed by atoms with Crippen LogP contribution in [0.25, 0.3) is 11.0 Å². The third-order valence-electron chi connectivity index (χ3n) is 5.15. The Balaban J connectivity index is 1.68. The van der Waals surface area contributed by atoms with E-state index in [9.17, 15) is 13.2 Å². The number of carbonyl (C=O) groups is 1. The normalized spacial score (nSPS) is 11.3. The number of rotatable bonds is 6. The maximum absolute atomic E-state index is 13.2. The molecule has 1 aromatic heterocycles. The van der Waals surface area contributed by atoms with Crippen molar-refractivity contribution in [2.75, 3.05) is 17.1 Å². The number of hydrogen-bond acceptors (Lipinski definition) is 5. The molecule has 4 aromatic rings. The average Bonchev–Trinajstić information content (AvgIpc) is 3.25. The number of fused-ring (bicyclic) bond motifs is 1. The van der Waals surface area contributed by atoms with Crippen molar-refractivity contribution >= 4 is 38.3 Å². The van der Waals surface area contributed by atoms with Crippen LogP contribution in [-0.2, 0) is 10.0 Å². The molecule has 0 bridgehead atoms. The second kappa shape index (κ2) is 8.39. The number of nitrogens with one attached hydrogen (secondary N) is 2. The molecule has 0 aliphatic carbocycles. The van der Waals surface area contributed by atoms with Crippen molar-refractivity contribution < 1.29 is 22.4 Å². The minimum atomic E-state index is -3.99. The second-order valence-corrected chi connectivity index (χ2v) is 8.99. The van der Waals surface area contributed by atoms with Gasteiger partial charge in [-0.05, 0) is 55.3 Å². The highest BCUT2D eigenvalue weighted by atomic mass is 32.2. The van der Waals surface area contributed by atoms with Crippen LogP contribution in [0.3, 0.4) is 0 Å². The third-order valence-corrected chi connectivity index (χ3v) is 6.52. The number of methoxy groups -OCH3 is 1. The number of sulfonamides is 1. The number of furan rings is 1. The molecule has 1 heterocycles. The topological polar surface area (TPSA) is 97.6 Å². The maximum atomic E-state index is 13.2. The molecule has 0 saturated heterocycles. The number of aryl methyl sites for hydroxylation is 2. The molecule has 0 aliphatic heterocycles. The van der Waals surface area contributed by atoms with Crippen molar-refractivity contribution in [2.24, 2.45) is 0 Å². The van der Waals surface area contributed by atoms with E-state index in [1.807, 2.05) is 38.1 Å². The first-order chi connectivity index (χ1) is 15.3. The van der Waals surface area contributed by atoms with Gasteiger partial charge in [-0.1, -0.05) is 30.3 Å². The van der Waals surface area contributed by atoms with Crippen LogP contribution in [0.1, 0.15) is 21.5 Å². The summed E-state index contributed by atoms with van der Waals surface area (Å²) in [6.45, 7) is 3.65. The van der Waals surface area contributed by atoms with Crippen LogP contribution in [0.15, 0.2) is 76.2 Å². The zero-order chi connectivity index (χ0) is 22.9. The molecule has 0 radical (unpaired) electrons. The van der Waals surface area contributed by atoms with Crippen LogP contribution >= 0.6 is 0 Å². The van der Waals surface area contributed by atoms with Crippen molar-refractivity contribution in [3.63, 3.8) is 0 Å². The number of amides is 1. The van der Waals surface area contributed by atoms with E-state index in [0.717, 1.165) is 16.5 Å². The van der Waals surface area contributed by atoms with Gasteiger partial charge in [0.25, 0.3) is 15.9 Å². The Morgan fingerprint density at radius 2 is 1.69 bits per heavy atom. The van der Waals surface area contributed by atoms with Gasteiger partial charge in [0.1, 0.15) is 16.2 Å². The summed E-state index contributed by atoms with van der Waals surface area (Å²) in [6.07, 6.45) is 1.51. The van der Waals surface area contributed by atoms with E-state index in [2.05, 4.69) is 10.0 Å². The van der Waals surface area contributed by atoms with Gasteiger partial charge in [-0.3, -0.25) is 9.52 Å². The Labute approximate surface area is 186 Å². The molecule has 3 aromatic carbocycles. The first-order valence-electron chi connectivity index (χ1n) is 9.85. The summed E-state index contributed by atoms with van der Waals surface area (Å²) < 4.78 is 39.8.